The fourth-order valence-electron chi connectivity index (χ4n) is 4.84. The van der Waals surface area contributed by atoms with Gasteiger partial charge in [-0.25, -0.2) is 0 Å². The van der Waals surface area contributed by atoms with Crippen molar-refractivity contribution < 1.29 is 24.2 Å². The molecule has 0 aliphatic carbocycles. The number of carbonyl (C=O) groups excluding carboxylic acids is 2. The van der Waals surface area contributed by atoms with Crippen LogP contribution in [0.1, 0.15) is 35.4 Å². The first-order valence-electron chi connectivity index (χ1n) is 12.0. The molecule has 1 fully saturated rings. The first-order chi connectivity index (χ1) is 17.6. The van der Waals surface area contributed by atoms with Gasteiger partial charge in [0.2, 0.25) is 11.8 Å². The minimum atomic E-state index is -0.544. The summed E-state index contributed by atoms with van der Waals surface area (Å²) >= 11 is 0. The summed E-state index contributed by atoms with van der Waals surface area (Å²) in [5.74, 6) is 0.398. The molecule has 2 aliphatic heterocycles. The minimum Gasteiger partial charge on any atom is -0.487 e. The van der Waals surface area contributed by atoms with Crippen molar-refractivity contribution in [3.8, 4) is 5.75 Å². The van der Waals surface area contributed by atoms with Gasteiger partial charge in [-0.1, -0.05) is 6.07 Å². The molecule has 0 unspecified atom stereocenters. The van der Waals surface area contributed by atoms with E-state index in [4.69, 9.17) is 9.47 Å². The lowest BCUT2D eigenvalue weighted by Gasteiger charge is -2.37. The van der Waals surface area contributed by atoms with Crippen LogP contribution < -0.4 is 15.4 Å². The van der Waals surface area contributed by atoms with E-state index in [1.165, 1.54) is 0 Å². The quantitative estimate of drug-likeness (QED) is 0.445. The van der Waals surface area contributed by atoms with Crippen molar-refractivity contribution >= 4 is 17.5 Å². The third-order valence-corrected chi connectivity index (χ3v) is 6.52. The van der Waals surface area contributed by atoms with Crippen LogP contribution in [0, 0.1) is 0 Å². The highest BCUT2D eigenvalue weighted by molar-refractivity contribution is 5.92. The van der Waals surface area contributed by atoms with Crippen LogP contribution in [0.15, 0.2) is 67.3 Å². The fourth-order valence-corrected chi connectivity index (χ4v) is 4.84. The molecule has 0 radical (unpaired) electrons. The van der Waals surface area contributed by atoms with Crippen LogP contribution in [0.25, 0.3) is 0 Å². The second-order valence-electron chi connectivity index (χ2n) is 9.08. The van der Waals surface area contributed by atoms with Gasteiger partial charge in [0.15, 0.2) is 0 Å². The first kappa shape index (κ1) is 23.9. The van der Waals surface area contributed by atoms with Gasteiger partial charge in [0.1, 0.15) is 18.0 Å². The van der Waals surface area contributed by atoms with Crippen molar-refractivity contribution in [1.29, 1.82) is 0 Å². The lowest BCUT2D eigenvalue weighted by atomic mass is 9.84. The maximum absolute atomic E-state index is 12.6. The third-order valence-electron chi connectivity index (χ3n) is 6.52. The van der Waals surface area contributed by atoms with Gasteiger partial charge in [-0.2, -0.15) is 0 Å². The van der Waals surface area contributed by atoms with Crippen molar-refractivity contribution in [2.75, 3.05) is 11.9 Å². The lowest BCUT2D eigenvalue weighted by molar-refractivity contribution is -0.142. The molecule has 0 spiro atoms. The number of pyridine rings is 2. The van der Waals surface area contributed by atoms with Gasteiger partial charge in [-0.15, -0.1) is 0 Å². The average molecular weight is 489 g/mol. The monoisotopic (exact) mass is 488 g/mol. The number of anilines is 1. The van der Waals surface area contributed by atoms with Crippen LogP contribution in [0.3, 0.4) is 0 Å². The van der Waals surface area contributed by atoms with Crippen molar-refractivity contribution in [3.63, 3.8) is 0 Å². The Bertz CT molecular complexity index is 1210. The van der Waals surface area contributed by atoms with E-state index in [1.807, 2.05) is 36.4 Å². The standard InChI is InChI=1S/C27H28N4O5/c32-16-24-27-22(12-20(35-24)13-25(33)30-15-18-2-1-7-29-14-18)21-11-19(3-4-23(21)36-27)31-26(34)10-17-5-8-28-9-6-17/h1-9,11,14,20,22,24,27,32H,10,12-13,15-16H2,(H,30,33)(H,31,34)/t20-,22+,24+,27-/m1/s1. The number of ether oxygens (including phenoxy) is 2. The predicted molar refractivity (Wildman–Crippen MR) is 131 cm³/mol. The molecule has 2 aliphatic rings. The number of amides is 2. The van der Waals surface area contributed by atoms with Gasteiger partial charge in [0.05, 0.1) is 25.6 Å². The smallest absolute Gasteiger partial charge is 0.228 e. The topological polar surface area (TPSA) is 123 Å². The summed E-state index contributed by atoms with van der Waals surface area (Å²) in [6.07, 6.45) is 6.47. The van der Waals surface area contributed by atoms with Crippen LogP contribution in [-0.4, -0.2) is 51.8 Å². The summed E-state index contributed by atoms with van der Waals surface area (Å²) in [7, 11) is 0. The molecule has 0 bridgehead atoms. The SMILES string of the molecule is O=C(C[C@H]1C[C@H]2c3cc(NC(=O)Cc4ccncc4)ccc3O[C@H]2[C@H](CO)O1)NCc1cccnc1. The normalized spacial score (nSPS) is 22.1. The van der Waals surface area contributed by atoms with E-state index in [0.717, 1.165) is 16.7 Å². The van der Waals surface area contributed by atoms with E-state index in [1.54, 1.807) is 30.9 Å². The van der Waals surface area contributed by atoms with Gasteiger partial charge in [-0.05, 0) is 53.9 Å². The van der Waals surface area contributed by atoms with E-state index in [0.29, 0.717) is 24.4 Å². The highest BCUT2D eigenvalue weighted by Crippen LogP contribution is 2.47. The minimum absolute atomic E-state index is 0.0564. The predicted octanol–water partition coefficient (Wildman–Crippen LogP) is 2.36. The molecule has 9 heteroatoms. The van der Waals surface area contributed by atoms with Crippen molar-refractivity contribution in [2.45, 2.75) is 50.0 Å². The summed E-state index contributed by atoms with van der Waals surface area (Å²) in [6.45, 7) is 0.182. The number of aliphatic hydroxyl groups is 1. The van der Waals surface area contributed by atoms with Gasteiger partial charge in [0.25, 0.3) is 0 Å². The Morgan fingerprint density at radius 2 is 1.89 bits per heavy atom. The molecule has 9 nitrogen and oxygen atoms in total. The van der Waals surface area contributed by atoms with Crippen LogP contribution in [-0.2, 0) is 27.3 Å². The molecule has 4 heterocycles. The molecule has 186 valence electrons. The van der Waals surface area contributed by atoms with Crippen molar-refractivity contribution in [3.05, 3.63) is 83.9 Å². The highest BCUT2D eigenvalue weighted by Gasteiger charge is 2.46. The van der Waals surface area contributed by atoms with Crippen molar-refractivity contribution in [2.24, 2.45) is 0 Å². The summed E-state index contributed by atoms with van der Waals surface area (Å²) < 4.78 is 12.2. The molecule has 2 amide bonds. The van der Waals surface area contributed by atoms with Gasteiger partial charge in [0, 0.05) is 48.5 Å². The highest BCUT2D eigenvalue weighted by atomic mass is 16.6. The zero-order valence-electron chi connectivity index (χ0n) is 19.7. The van der Waals surface area contributed by atoms with Crippen LogP contribution in [0.2, 0.25) is 0 Å². The fraction of sp³-hybridized carbons (Fsp3) is 0.333. The van der Waals surface area contributed by atoms with E-state index >= 15 is 0 Å². The van der Waals surface area contributed by atoms with Gasteiger partial charge >= 0.3 is 0 Å². The maximum atomic E-state index is 12.6. The Morgan fingerprint density at radius 3 is 2.67 bits per heavy atom. The zero-order chi connectivity index (χ0) is 24.9. The number of aliphatic hydroxyl groups excluding tert-OH is 1. The Kier molecular flexibility index (Phi) is 7.20. The van der Waals surface area contributed by atoms with E-state index < -0.39 is 6.10 Å². The van der Waals surface area contributed by atoms with E-state index in [-0.39, 0.29) is 49.4 Å². The number of carbonyl (C=O) groups is 2. The number of fused-ring (bicyclic) bond motifs is 3. The van der Waals surface area contributed by atoms with Gasteiger partial charge in [-0.3, -0.25) is 19.6 Å². The number of nitrogens with one attached hydrogen (secondary N) is 2. The Morgan fingerprint density at radius 1 is 1.03 bits per heavy atom. The molecular weight excluding hydrogens is 460 g/mol. The van der Waals surface area contributed by atoms with E-state index in [9.17, 15) is 14.7 Å². The summed E-state index contributed by atoms with van der Waals surface area (Å²) in [6, 6.07) is 12.9. The summed E-state index contributed by atoms with van der Waals surface area (Å²) in [5, 5.41) is 15.8. The lowest BCUT2D eigenvalue weighted by Crippen LogP contribution is -2.47. The Balaban J connectivity index is 1.24. The largest absolute Gasteiger partial charge is 0.487 e. The molecule has 4 atom stereocenters. The van der Waals surface area contributed by atoms with Crippen LogP contribution >= 0.6 is 0 Å². The maximum Gasteiger partial charge on any atom is 0.228 e. The number of nitrogens with zero attached hydrogens (tertiary/aromatic N) is 2. The number of rotatable bonds is 8. The van der Waals surface area contributed by atoms with Crippen LogP contribution in [0.4, 0.5) is 5.69 Å². The number of benzene rings is 1. The Labute approximate surface area is 208 Å². The molecule has 3 aromatic rings. The second kappa shape index (κ2) is 10.8. The number of hydrogen-bond acceptors (Lipinski definition) is 7. The second-order valence-corrected chi connectivity index (χ2v) is 9.08. The summed E-state index contributed by atoms with van der Waals surface area (Å²) in [4.78, 5) is 33.2. The third kappa shape index (κ3) is 5.53. The molecule has 36 heavy (non-hydrogen) atoms. The molecular formula is C27H28N4O5. The first-order valence-corrected chi connectivity index (χ1v) is 12.0. The molecule has 0 saturated carbocycles. The molecule has 5 rings (SSSR count). The van der Waals surface area contributed by atoms with Crippen LogP contribution in [0.5, 0.6) is 5.75 Å². The average Bonchev–Trinajstić information content (AvgIpc) is 3.26. The van der Waals surface area contributed by atoms with Gasteiger partial charge < -0.3 is 25.2 Å². The molecule has 2 aromatic heterocycles. The number of aromatic nitrogens is 2. The zero-order valence-corrected chi connectivity index (χ0v) is 19.7. The number of hydrogen-bond donors (Lipinski definition) is 3. The molecule has 1 aromatic carbocycles. The molecule has 3 N–H and O–H groups in total. The summed E-state index contributed by atoms with van der Waals surface area (Å²) in [5.41, 5.74) is 3.42. The van der Waals surface area contributed by atoms with Crippen molar-refractivity contribution in [1.82, 2.24) is 15.3 Å². The molecule has 1 saturated heterocycles. The Hall–Kier alpha value is -3.82. The van der Waals surface area contributed by atoms with E-state index in [2.05, 4.69) is 20.6 Å².